The molecule has 4 nitrogen and oxygen atoms in total. The zero-order valence-corrected chi connectivity index (χ0v) is 11.9. The van der Waals surface area contributed by atoms with Gasteiger partial charge in [0.2, 0.25) is 0 Å². The van der Waals surface area contributed by atoms with E-state index in [0.29, 0.717) is 13.2 Å². The molecule has 0 N–H and O–H groups in total. The molecular weight excluding hydrogens is 274 g/mol. The summed E-state index contributed by atoms with van der Waals surface area (Å²) in [5, 5.41) is 0.735. The molecule has 0 bridgehead atoms. The maximum atomic E-state index is 11.9. The van der Waals surface area contributed by atoms with Gasteiger partial charge >= 0.3 is 6.09 Å². The Morgan fingerprint density at radius 3 is 2.69 bits per heavy atom. The van der Waals surface area contributed by atoms with E-state index in [1.54, 1.807) is 4.90 Å². The Morgan fingerprint density at radius 1 is 1.56 bits per heavy atom. The van der Waals surface area contributed by atoms with Crippen LogP contribution in [0.4, 0.5) is 4.79 Å². The standard InChI is InChI=1S/C11H20BrNO3/c1-8-7-15-9(5-12)6-13(8)10(14)16-11(2,3)4/h8-9H,5-7H2,1-4H3/t8-,9?/m1/s1. The smallest absolute Gasteiger partial charge is 0.410 e. The third-order valence-corrected chi connectivity index (χ3v) is 3.03. The summed E-state index contributed by atoms with van der Waals surface area (Å²) in [7, 11) is 0. The van der Waals surface area contributed by atoms with Crippen LogP contribution in [-0.2, 0) is 9.47 Å². The molecular formula is C11H20BrNO3. The number of nitrogens with zero attached hydrogens (tertiary/aromatic N) is 1. The highest BCUT2D eigenvalue weighted by Gasteiger charge is 2.32. The molecule has 1 heterocycles. The van der Waals surface area contributed by atoms with E-state index in [2.05, 4.69) is 15.9 Å². The van der Waals surface area contributed by atoms with Crippen LogP contribution in [0.5, 0.6) is 0 Å². The normalized spacial score (nSPS) is 26.7. The molecule has 0 spiro atoms. The molecule has 1 fully saturated rings. The molecule has 16 heavy (non-hydrogen) atoms. The molecule has 1 aliphatic heterocycles. The summed E-state index contributed by atoms with van der Waals surface area (Å²) in [5.41, 5.74) is -0.445. The van der Waals surface area contributed by atoms with Crippen LogP contribution >= 0.6 is 15.9 Å². The minimum absolute atomic E-state index is 0.0590. The van der Waals surface area contributed by atoms with E-state index in [-0.39, 0.29) is 18.2 Å². The third-order valence-electron chi connectivity index (χ3n) is 2.31. The van der Waals surface area contributed by atoms with Gasteiger partial charge in [-0.2, -0.15) is 0 Å². The first-order valence-corrected chi connectivity index (χ1v) is 6.63. The second kappa shape index (κ2) is 5.36. The van der Waals surface area contributed by atoms with Gasteiger partial charge in [-0.05, 0) is 27.7 Å². The molecule has 1 saturated heterocycles. The predicted octanol–water partition coefficient (Wildman–Crippen LogP) is 2.41. The quantitative estimate of drug-likeness (QED) is 0.697. The highest BCUT2D eigenvalue weighted by molar-refractivity contribution is 9.09. The van der Waals surface area contributed by atoms with Crippen molar-refractivity contribution in [2.75, 3.05) is 18.5 Å². The van der Waals surface area contributed by atoms with Gasteiger partial charge in [-0.25, -0.2) is 4.79 Å². The Balaban J connectivity index is 2.59. The topological polar surface area (TPSA) is 38.8 Å². The highest BCUT2D eigenvalue weighted by atomic mass is 79.9. The SMILES string of the molecule is C[C@@H]1COC(CBr)CN1C(=O)OC(C)(C)C. The molecule has 0 radical (unpaired) electrons. The van der Waals surface area contributed by atoms with Gasteiger partial charge in [0.1, 0.15) is 5.60 Å². The molecule has 5 heteroatoms. The molecule has 1 amide bonds. The van der Waals surface area contributed by atoms with E-state index in [9.17, 15) is 4.79 Å². The van der Waals surface area contributed by atoms with Crippen molar-refractivity contribution >= 4 is 22.0 Å². The highest BCUT2D eigenvalue weighted by Crippen LogP contribution is 2.17. The lowest BCUT2D eigenvalue weighted by Gasteiger charge is -2.38. The first-order valence-electron chi connectivity index (χ1n) is 5.50. The van der Waals surface area contributed by atoms with E-state index in [0.717, 1.165) is 5.33 Å². The summed E-state index contributed by atoms with van der Waals surface area (Å²) in [6.07, 6.45) is -0.196. The Morgan fingerprint density at radius 2 is 2.19 bits per heavy atom. The maximum Gasteiger partial charge on any atom is 0.410 e. The van der Waals surface area contributed by atoms with E-state index in [1.807, 2.05) is 27.7 Å². The number of halogens is 1. The van der Waals surface area contributed by atoms with Crippen LogP contribution < -0.4 is 0 Å². The number of amides is 1. The molecule has 2 atom stereocenters. The summed E-state index contributed by atoms with van der Waals surface area (Å²) in [6, 6.07) is 0.0742. The lowest BCUT2D eigenvalue weighted by molar-refractivity contribution is -0.0567. The number of hydrogen-bond donors (Lipinski definition) is 0. The van der Waals surface area contributed by atoms with Crippen LogP contribution in [0.1, 0.15) is 27.7 Å². The van der Waals surface area contributed by atoms with Crippen LogP contribution in [0, 0.1) is 0 Å². The van der Waals surface area contributed by atoms with Gasteiger partial charge in [-0.3, -0.25) is 0 Å². The van der Waals surface area contributed by atoms with Crippen molar-refractivity contribution in [1.29, 1.82) is 0 Å². The zero-order valence-electron chi connectivity index (χ0n) is 10.3. The molecule has 94 valence electrons. The fraction of sp³-hybridized carbons (Fsp3) is 0.909. The molecule has 0 aliphatic carbocycles. The van der Waals surface area contributed by atoms with Gasteiger partial charge in [-0.1, -0.05) is 15.9 Å². The van der Waals surface area contributed by atoms with Gasteiger partial charge in [0.25, 0.3) is 0 Å². The summed E-state index contributed by atoms with van der Waals surface area (Å²) < 4.78 is 10.9. The van der Waals surface area contributed by atoms with Gasteiger partial charge in [0, 0.05) is 5.33 Å². The second-order valence-electron chi connectivity index (χ2n) is 5.09. The molecule has 0 aromatic heterocycles. The number of carbonyl (C=O) groups is 1. The number of ether oxygens (including phenoxy) is 2. The van der Waals surface area contributed by atoms with Crippen molar-refractivity contribution < 1.29 is 14.3 Å². The van der Waals surface area contributed by atoms with Gasteiger partial charge < -0.3 is 14.4 Å². The lowest BCUT2D eigenvalue weighted by Crippen LogP contribution is -2.52. The Labute approximate surface area is 105 Å². The summed E-state index contributed by atoms with van der Waals surface area (Å²) in [6.45, 7) is 8.74. The summed E-state index contributed by atoms with van der Waals surface area (Å²) >= 11 is 3.37. The van der Waals surface area contributed by atoms with Crippen LogP contribution in [0.15, 0.2) is 0 Å². The fourth-order valence-electron chi connectivity index (χ4n) is 1.49. The molecule has 0 aromatic rings. The molecule has 1 aliphatic rings. The first kappa shape index (κ1) is 13.8. The third kappa shape index (κ3) is 3.94. The summed E-state index contributed by atoms with van der Waals surface area (Å²) in [5.74, 6) is 0. The van der Waals surface area contributed by atoms with Gasteiger partial charge in [-0.15, -0.1) is 0 Å². The fourth-order valence-corrected chi connectivity index (χ4v) is 1.88. The van der Waals surface area contributed by atoms with Crippen molar-refractivity contribution in [3.8, 4) is 0 Å². The van der Waals surface area contributed by atoms with Crippen molar-refractivity contribution in [1.82, 2.24) is 4.90 Å². The van der Waals surface area contributed by atoms with Crippen molar-refractivity contribution in [3.63, 3.8) is 0 Å². The van der Waals surface area contributed by atoms with E-state index in [4.69, 9.17) is 9.47 Å². The Kier molecular flexibility index (Phi) is 4.62. The molecule has 1 unspecified atom stereocenters. The molecule has 0 aromatic carbocycles. The average molecular weight is 294 g/mol. The van der Waals surface area contributed by atoms with Gasteiger partial charge in [0.05, 0.1) is 25.3 Å². The number of carbonyl (C=O) groups excluding carboxylic acids is 1. The minimum Gasteiger partial charge on any atom is -0.444 e. The van der Waals surface area contributed by atoms with Crippen LogP contribution in [0.2, 0.25) is 0 Å². The van der Waals surface area contributed by atoms with Crippen molar-refractivity contribution in [2.24, 2.45) is 0 Å². The van der Waals surface area contributed by atoms with Crippen LogP contribution in [-0.4, -0.2) is 47.2 Å². The molecule has 1 rings (SSSR count). The van der Waals surface area contributed by atoms with E-state index < -0.39 is 5.60 Å². The summed E-state index contributed by atoms with van der Waals surface area (Å²) in [4.78, 5) is 13.7. The first-order chi connectivity index (χ1) is 7.33. The van der Waals surface area contributed by atoms with E-state index in [1.165, 1.54) is 0 Å². The molecule has 0 saturated carbocycles. The van der Waals surface area contributed by atoms with Crippen molar-refractivity contribution in [3.05, 3.63) is 0 Å². The number of rotatable bonds is 1. The average Bonchev–Trinajstić information content (AvgIpc) is 2.15. The number of alkyl halides is 1. The number of morpholine rings is 1. The van der Waals surface area contributed by atoms with Crippen molar-refractivity contribution in [2.45, 2.75) is 45.4 Å². The van der Waals surface area contributed by atoms with Crippen LogP contribution in [0.25, 0.3) is 0 Å². The van der Waals surface area contributed by atoms with E-state index >= 15 is 0 Å². The lowest BCUT2D eigenvalue weighted by atomic mass is 10.2. The predicted molar refractivity (Wildman–Crippen MR) is 65.9 cm³/mol. The minimum atomic E-state index is -0.445. The maximum absolute atomic E-state index is 11.9. The zero-order chi connectivity index (χ0) is 12.3. The van der Waals surface area contributed by atoms with Gasteiger partial charge in [0.15, 0.2) is 0 Å². The Hall–Kier alpha value is -0.290. The van der Waals surface area contributed by atoms with Crippen LogP contribution in [0.3, 0.4) is 0 Å². The second-order valence-corrected chi connectivity index (χ2v) is 5.74. The largest absolute Gasteiger partial charge is 0.444 e. The Bertz CT molecular complexity index is 252. The number of hydrogen-bond acceptors (Lipinski definition) is 3. The monoisotopic (exact) mass is 293 g/mol.